The van der Waals surface area contributed by atoms with E-state index in [-0.39, 0.29) is 67.4 Å². The molecule has 50 heavy (non-hydrogen) atoms. The van der Waals surface area contributed by atoms with Gasteiger partial charge in [0.2, 0.25) is 6.10 Å². The summed E-state index contributed by atoms with van der Waals surface area (Å²) in [5.41, 5.74) is -1.23. The molecular weight excluding hydrogens is 680 g/mol. The highest BCUT2D eigenvalue weighted by atomic mass is 32.2. The number of carbonyl (C=O) groups excluding carboxylic acids is 5. The fraction of sp³-hybridized carbons (Fsp3) is 0.844. The van der Waals surface area contributed by atoms with Crippen molar-refractivity contribution in [3.05, 3.63) is 0 Å². The van der Waals surface area contributed by atoms with E-state index in [2.05, 4.69) is 35.2 Å². The van der Waals surface area contributed by atoms with E-state index in [1.165, 1.54) is 0 Å². The van der Waals surface area contributed by atoms with E-state index in [0.717, 1.165) is 0 Å². The van der Waals surface area contributed by atoms with E-state index in [1.807, 2.05) is 21.7 Å². The molecule has 0 amide bonds. The van der Waals surface area contributed by atoms with Crippen LogP contribution in [-0.2, 0) is 44.2 Å². The third-order valence-corrected chi connectivity index (χ3v) is 15.8. The minimum atomic E-state index is -5.47. The van der Waals surface area contributed by atoms with E-state index in [1.54, 1.807) is 0 Å². The maximum atomic E-state index is 14.6. The second-order valence-electron chi connectivity index (χ2n) is 17.1. The SMILES string of the molecule is B[C@@]12CC(=O)CC[C@]1(C)[C@@]1(B)CC(=O)[C@@]3(C)[C@@](B)(CC[C@]3(B)C(C)CCC(=O)OCCCC(=O)OC(C(F)(F)F)C(C)(F)[SH](=O)=O)[C@@H]1C(=O)C2. The number of carbonyl (C=O) groups is 5. The zero-order chi connectivity index (χ0) is 38.1. The van der Waals surface area contributed by atoms with Crippen LogP contribution in [-0.4, -0.2) is 93.0 Å². The first-order valence-corrected chi connectivity index (χ1v) is 18.7. The molecule has 9 nitrogen and oxygen atoms in total. The zero-order valence-corrected chi connectivity index (χ0v) is 31.2. The number of ether oxygens (including phenoxy) is 2. The molecule has 4 aliphatic rings. The van der Waals surface area contributed by atoms with Crippen molar-refractivity contribution in [1.82, 2.24) is 0 Å². The Labute approximate surface area is 296 Å². The Morgan fingerprint density at radius 3 is 2.12 bits per heavy atom. The number of hydrogen-bond donors (Lipinski definition) is 1. The predicted molar refractivity (Wildman–Crippen MR) is 186 cm³/mol. The van der Waals surface area contributed by atoms with E-state index in [0.29, 0.717) is 44.9 Å². The highest BCUT2D eigenvalue weighted by Crippen LogP contribution is 2.85. The molecule has 10 atom stereocenters. The molecule has 4 rings (SSSR count). The molecule has 4 fully saturated rings. The molecule has 0 saturated heterocycles. The van der Waals surface area contributed by atoms with Crippen molar-refractivity contribution in [2.45, 2.75) is 137 Å². The van der Waals surface area contributed by atoms with Gasteiger partial charge in [-0.05, 0) is 58.8 Å². The Morgan fingerprint density at radius 1 is 0.920 bits per heavy atom. The maximum absolute atomic E-state index is 14.6. The Kier molecular flexibility index (Phi) is 10.6. The Hall–Kier alpha value is -2.12. The molecule has 0 aliphatic heterocycles. The van der Waals surface area contributed by atoms with Crippen molar-refractivity contribution < 1.29 is 59.4 Å². The lowest BCUT2D eigenvalue weighted by Gasteiger charge is -2.72. The molecule has 4 aliphatic carbocycles. The lowest BCUT2D eigenvalue weighted by atomic mass is 9.21. The van der Waals surface area contributed by atoms with Crippen LogP contribution in [0.1, 0.15) is 98.3 Å². The highest BCUT2D eigenvalue weighted by Gasteiger charge is 2.78. The maximum Gasteiger partial charge on any atom is 0.429 e. The number of ketones is 3. The minimum Gasteiger partial charge on any atom is -0.466 e. The fourth-order valence-corrected chi connectivity index (χ4v) is 11.4. The van der Waals surface area contributed by atoms with Crippen LogP contribution in [0.2, 0.25) is 21.3 Å². The third kappa shape index (κ3) is 6.02. The molecule has 0 N–H and O–H groups in total. The molecule has 0 aromatic rings. The number of halogens is 4. The van der Waals surface area contributed by atoms with E-state index in [9.17, 15) is 50.0 Å². The topological polar surface area (TPSA) is 138 Å². The number of alkyl halides is 4. The molecule has 4 saturated carbocycles. The van der Waals surface area contributed by atoms with Crippen molar-refractivity contribution in [3.8, 4) is 0 Å². The standard InChI is InChI=1S/C32H48B4F4O9S/c1-17(7-8-21(44)48-13-5-6-22(45)49-24(32(38,39)40)27(4,37)50(46)47)29(34)11-12-30(35)23-19(42)15-28(33)14-18(41)9-10-25(28,2)31(23,36)16-20(43)26(29,30)3/h17,23-24,50H,5-16,33-36H2,1-4H3/t17?,23-,24?,25-,26+,27?,28+,29-,30+,31+/m0/s1. The van der Waals surface area contributed by atoms with Gasteiger partial charge < -0.3 is 9.47 Å². The van der Waals surface area contributed by atoms with E-state index in [4.69, 9.17) is 4.74 Å². The average Bonchev–Trinajstić information content (AvgIpc) is 3.20. The van der Waals surface area contributed by atoms with Gasteiger partial charge in [-0.2, -0.15) is 13.2 Å². The number of thiol groups is 1. The summed E-state index contributed by atoms with van der Waals surface area (Å²) in [6.07, 6.45) is -6.22. The molecular formula is C32H48B4F4O9S. The smallest absolute Gasteiger partial charge is 0.429 e. The summed E-state index contributed by atoms with van der Waals surface area (Å²) < 4.78 is 85.0. The first kappa shape index (κ1) is 40.6. The highest BCUT2D eigenvalue weighted by molar-refractivity contribution is 7.73. The van der Waals surface area contributed by atoms with Crippen molar-refractivity contribution in [3.63, 3.8) is 0 Å². The van der Waals surface area contributed by atoms with Crippen molar-refractivity contribution in [2.75, 3.05) is 6.61 Å². The summed E-state index contributed by atoms with van der Waals surface area (Å²) in [6, 6.07) is 0. The first-order chi connectivity index (χ1) is 22.7. The van der Waals surface area contributed by atoms with Gasteiger partial charge in [0.15, 0.2) is 10.7 Å². The molecule has 0 heterocycles. The van der Waals surface area contributed by atoms with Crippen molar-refractivity contribution in [1.29, 1.82) is 0 Å². The summed E-state index contributed by atoms with van der Waals surface area (Å²) in [4.78, 5) is 66.1. The van der Waals surface area contributed by atoms with Gasteiger partial charge in [-0.3, -0.25) is 24.0 Å². The number of hydrogen-bond acceptors (Lipinski definition) is 9. The van der Waals surface area contributed by atoms with Crippen LogP contribution in [0.4, 0.5) is 17.6 Å². The summed E-state index contributed by atoms with van der Waals surface area (Å²) in [6.45, 7) is 5.99. The van der Waals surface area contributed by atoms with Crippen LogP contribution in [0.25, 0.3) is 0 Å². The number of Topliss-reactive ketones (excluding diaryl/α,β-unsaturated/α-hetero) is 3. The number of fused-ring (bicyclic) bond motifs is 5. The van der Waals surface area contributed by atoms with Crippen LogP contribution in [0, 0.1) is 22.7 Å². The van der Waals surface area contributed by atoms with Crippen molar-refractivity contribution in [2.24, 2.45) is 22.7 Å². The zero-order valence-electron chi connectivity index (χ0n) is 30.4. The van der Waals surface area contributed by atoms with Crippen molar-refractivity contribution >= 4 is 71.4 Å². The van der Waals surface area contributed by atoms with Gasteiger partial charge in [-0.1, -0.05) is 33.6 Å². The monoisotopic (exact) mass is 728 g/mol. The second kappa shape index (κ2) is 13.1. The fourth-order valence-electron chi connectivity index (χ4n) is 11.0. The lowest BCUT2D eigenvalue weighted by molar-refractivity contribution is -0.239. The lowest BCUT2D eigenvalue weighted by Crippen LogP contribution is -2.67. The Bertz CT molecular complexity index is 1530. The van der Waals surface area contributed by atoms with Gasteiger partial charge in [0.1, 0.15) is 48.7 Å². The van der Waals surface area contributed by atoms with Gasteiger partial charge in [-0.25, -0.2) is 12.8 Å². The van der Waals surface area contributed by atoms with Gasteiger partial charge in [0.25, 0.3) is 5.00 Å². The molecule has 0 radical (unpaired) electrons. The molecule has 0 bridgehead atoms. The van der Waals surface area contributed by atoms with Gasteiger partial charge in [-0.15, -0.1) is 0 Å². The van der Waals surface area contributed by atoms with E-state index < -0.39 is 73.0 Å². The van der Waals surface area contributed by atoms with Crippen LogP contribution in [0.5, 0.6) is 0 Å². The van der Waals surface area contributed by atoms with Crippen LogP contribution in [0.15, 0.2) is 0 Å². The minimum absolute atomic E-state index is 0.0282. The second-order valence-corrected chi connectivity index (χ2v) is 18.5. The van der Waals surface area contributed by atoms with Crippen LogP contribution < -0.4 is 0 Å². The Balaban J connectivity index is 1.39. The van der Waals surface area contributed by atoms with Gasteiger partial charge in [0, 0.05) is 49.9 Å². The number of esters is 2. The molecule has 18 heteroatoms. The average molecular weight is 728 g/mol. The molecule has 0 spiro atoms. The third-order valence-electron chi connectivity index (χ3n) is 14.8. The Morgan fingerprint density at radius 2 is 1.54 bits per heavy atom. The van der Waals surface area contributed by atoms with Crippen LogP contribution in [0.3, 0.4) is 0 Å². The molecule has 276 valence electrons. The first-order valence-electron chi connectivity index (χ1n) is 17.5. The normalized spacial score (nSPS) is 39.5. The number of rotatable bonds is 11. The summed E-state index contributed by atoms with van der Waals surface area (Å²) in [5, 5.41) is -6.16. The van der Waals surface area contributed by atoms with Gasteiger partial charge >= 0.3 is 18.1 Å². The van der Waals surface area contributed by atoms with Gasteiger partial charge in [0.05, 0.1) is 6.61 Å². The molecule has 3 unspecified atom stereocenters. The quantitative estimate of drug-likeness (QED) is 0.111. The predicted octanol–water partition coefficient (Wildman–Crippen LogP) is 1.79. The van der Waals surface area contributed by atoms with Crippen LogP contribution >= 0.6 is 0 Å². The summed E-state index contributed by atoms with van der Waals surface area (Å²) >= 11 is 0. The summed E-state index contributed by atoms with van der Waals surface area (Å²) in [7, 11) is 4.08. The largest absolute Gasteiger partial charge is 0.466 e. The van der Waals surface area contributed by atoms with E-state index >= 15 is 0 Å². The molecule has 0 aromatic carbocycles. The summed E-state index contributed by atoms with van der Waals surface area (Å²) in [5.74, 6) is -2.21. The molecule has 0 aromatic heterocycles.